The predicted molar refractivity (Wildman–Crippen MR) is 95.4 cm³/mol. The Morgan fingerprint density at radius 3 is 2.78 bits per heavy atom. The molecule has 1 aliphatic rings. The summed E-state index contributed by atoms with van der Waals surface area (Å²) < 4.78 is 0. The number of hydrogen-bond donors (Lipinski definition) is 2. The van der Waals surface area contributed by atoms with Crippen LogP contribution >= 0.6 is 11.6 Å². The number of hydrogen-bond acceptors (Lipinski definition) is 1. The van der Waals surface area contributed by atoms with Crippen molar-refractivity contribution in [2.24, 2.45) is 0 Å². The van der Waals surface area contributed by atoms with E-state index in [2.05, 4.69) is 42.3 Å². The molecule has 2 N–H and O–H groups in total. The summed E-state index contributed by atoms with van der Waals surface area (Å²) in [4.78, 5) is 17.5. The molecule has 2 aromatic rings. The van der Waals surface area contributed by atoms with E-state index in [9.17, 15) is 4.79 Å². The van der Waals surface area contributed by atoms with E-state index in [-0.39, 0.29) is 6.03 Å². The van der Waals surface area contributed by atoms with Crippen molar-refractivity contribution in [3.05, 3.63) is 35.0 Å². The van der Waals surface area contributed by atoms with E-state index in [4.69, 9.17) is 11.6 Å². The van der Waals surface area contributed by atoms with Crippen molar-refractivity contribution < 1.29 is 4.79 Å². The lowest BCUT2D eigenvalue weighted by atomic mass is 9.91. The van der Waals surface area contributed by atoms with Gasteiger partial charge in [0.05, 0.1) is 0 Å². The minimum atomic E-state index is 0.00749. The van der Waals surface area contributed by atoms with Crippen molar-refractivity contribution in [3.8, 4) is 0 Å². The van der Waals surface area contributed by atoms with Crippen LogP contribution in [-0.2, 0) is 0 Å². The summed E-state index contributed by atoms with van der Waals surface area (Å²) in [6, 6.07) is 6.56. The number of benzene rings is 1. The number of alkyl halides is 1. The van der Waals surface area contributed by atoms with Crippen molar-refractivity contribution >= 4 is 28.5 Å². The topological polar surface area (TPSA) is 48.1 Å². The maximum absolute atomic E-state index is 12.0. The van der Waals surface area contributed by atoms with Gasteiger partial charge in [0.25, 0.3) is 0 Å². The summed E-state index contributed by atoms with van der Waals surface area (Å²) in [5, 5.41) is 4.16. The second-order valence-electron chi connectivity index (χ2n) is 6.39. The van der Waals surface area contributed by atoms with Crippen molar-refractivity contribution in [1.82, 2.24) is 15.2 Å². The molecule has 3 rings (SSSR count). The fourth-order valence-electron chi connectivity index (χ4n) is 3.51. The van der Waals surface area contributed by atoms with Crippen LogP contribution in [0.2, 0.25) is 0 Å². The molecule has 2 heterocycles. The molecule has 0 spiro atoms. The highest BCUT2D eigenvalue weighted by Gasteiger charge is 2.26. The number of rotatable bonds is 3. The maximum Gasteiger partial charge on any atom is 0.317 e. The highest BCUT2D eigenvalue weighted by molar-refractivity contribution is 6.18. The van der Waals surface area contributed by atoms with Gasteiger partial charge in [0.15, 0.2) is 0 Å². The van der Waals surface area contributed by atoms with Gasteiger partial charge in [-0.25, -0.2) is 4.79 Å². The lowest BCUT2D eigenvalue weighted by molar-refractivity contribution is 0.181. The Labute approximate surface area is 142 Å². The zero-order valence-electron chi connectivity index (χ0n) is 13.8. The SMILES string of the molecule is Cc1ccc2[nH]c(C3CCN(C(=O)NCCCl)CC3)c(C)c2c1. The van der Waals surface area contributed by atoms with E-state index in [1.807, 2.05) is 4.90 Å². The number of aromatic amines is 1. The number of H-pyrrole nitrogens is 1. The van der Waals surface area contributed by atoms with Gasteiger partial charge in [0.1, 0.15) is 0 Å². The lowest BCUT2D eigenvalue weighted by Crippen LogP contribution is -2.44. The first-order valence-corrected chi connectivity index (χ1v) is 8.81. The van der Waals surface area contributed by atoms with Crippen LogP contribution in [0.25, 0.3) is 10.9 Å². The van der Waals surface area contributed by atoms with Crippen LogP contribution in [0.5, 0.6) is 0 Å². The number of nitrogens with zero attached hydrogens (tertiary/aromatic N) is 1. The third-order valence-electron chi connectivity index (χ3n) is 4.81. The Morgan fingerprint density at radius 2 is 2.09 bits per heavy atom. The monoisotopic (exact) mass is 333 g/mol. The van der Waals surface area contributed by atoms with Crippen molar-refractivity contribution in [2.45, 2.75) is 32.6 Å². The van der Waals surface area contributed by atoms with Crippen molar-refractivity contribution in [2.75, 3.05) is 25.5 Å². The lowest BCUT2D eigenvalue weighted by Gasteiger charge is -2.32. The van der Waals surface area contributed by atoms with Gasteiger partial charge in [0.2, 0.25) is 0 Å². The van der Waals surface area contributed by atoms with Crippen LogP contribution in [0, 0.1) is 13.8 Å². The Kier molecular flexibility index (Phi) is 4.81. The number of fused-ring (bicyclic) bond motifs is 1. The Bertz CT molecular complexity index is 702. The van der Waals surface area contributed by atoms with E-state index < -0.39 is 0 Å². The molecular weight excluding hydrogens is 310 g/mol. The molecule has 5 heteroatoms. The molecule has 0 atom stereocenters. The summed E-state index contributed by atoms with van der Waals surface area (Å²) in [5.41, 5.74) is 5.20. The number of halogens is 1. The normalized spacial score (nSPS) is 16.0. The fourth-order valence-corrected chi connectivity index (χ4v) is 3.60. The molecule has 0 aliphatic carbocycles. The highest BCUT2D eigenvalue weighted by Crippen LogP contribution is 2.33. The fraction of sp³-hybridized carbons (Fsp3) is 0.500. The first-order valence-electron chi connectivity index (χ1n) is 8.27. The molecule has 0 saturated carbocycles. The van der Waals surface area contributed by atoms with Crippen LogP contribution in [-0.4, -0.2) is 41.4 Å². The quantitative estimate of drug-likeness (QED) is 0.822. The standard InChI is InChI=1S/C18H24ClN3O/c1-12-3-4-16-15(11-12)13(2)17(21-16)14-5-9-22(10-6-14)18(23)20-8-7-19/h3-4,11,14,21H,5-10H2,1-2H3,(H,20,23). The molecule has 2 amide bonds. The molecule has 4 nitrogen and oxygen atoms in total. The number of amides is 2. The van der Waals surface area contributed by atoms with Crippen LogP contribution < -0.4 is 5.32 Å². The van der Waals surface area contributed by atoms with Gasteiger partial charge in [0, 0.05) is 48.0 Å². The Balaban J connectivity index is 1.70. The molecule has 0 radical (unpaired) electrons. The number of nitrogens with one attached hydrogen (secondary N) is 2. The van der Waals surface area contributed by atoms with Gasteiger partial charge in [-0.15, -0.1) is 11.6 Å². The zero-order valence-corrected chi connectivity index (χ0v) is 14.5. The van der Waals surface area contributed by atoms with E-state index in [1.54, 1.807) is 0 Å². The summed E-state index contributed by atoms with van der Waals surface area (Å²) in [5.74, 6) is 0.954. The van der Waals surface area contributed by atoms with E-state index in [0.717, 1.165) is 25.9 Å². The van der Waals surface area contributed by atoms with Gasteiger partial charge < -0.3 is 15.2 Å². The van der Waals surface area contributed by atoms with Crippen LogP contribution in [0.3, 0.4) is 0 Å². The first-order chi connectivity index (χ1) is 11.1. The molecular formula is C18H24ClN3O. The Morgan fingerprint density at radius 1 is 1.35 bits per heavy atom. The van der Waals surface area contributed by atoms with E-state index in [1.165, 1.54) is 27.7 Å². The zero-order chi connectivity index (χ0) is 16.4. The molecule has 1 fully saturated rings. The third-order valence-corrected chi connectivity index (χ3v) is 5.00. The average Bonchev–Trinajstić information content (AvgIpc) is 2.89. The summed E-state index contributed by atoms with van der Waals surface area (Å²) in [7, 11) is 0. The molecule has 0 bridgehead atoms. The van der Waals surface area contributed by atoms with Crippen LogP contribution in [0.4, 0.5) is 4.79 Å². The number of piperidine rings is 1. The third kappa shape index (κ3) is 3.32. The molecule has 1 aromatic heterocycles. The molecule has 124 valence electrons. The van der Waals surface area contributed by atoms with Crippen LogP contribution in [0.1, 0.15) is 35.6 Å². The van der Waals surface area contributed by atoms with Gasteiger partial charge >= 0.3 is 6.03 Å². The summed E-state index contributed by atoms with van der Waals surface area (Å²) in [6.07, 6.45) is 2.00. The largest absolute Gasteiger partial charge is 0.358 e. The first kappa shape index (κ1) is 16.2. The van der Waals surface area contributed by atoms with Gasteiger partial charge in [-0.1, -0.05) is 11.6 Å². The maximum atomic E-state index is 12.0. The number of carbonyl (C=O) groups is 1. The second kappa shape index (κ2) is 6.83. The molecule has 23 heavy (non-hydrogen) atoms. The summed E-state index contributed by atoms with van der Waals surface area (Å²) in [6.45, 7) is 6.46. The van der Waals surface area contributed by atoms with E-state index >= 15 is 0 Å². The van der Waals surface area contributed by atoms with Crippen molar-refractivity contribution in [3.63, 3.8) is 0 Å². The number of aromatic nitrogens is 1. The number of aryl methyl sites for hydroxylation is 2. The number of likely N-dealkylation sites (tertiary alicyclic amines) is 1. The molecule has 1 aromatic carbocycles. The minimum Gasteiger partial charge on any atom is -0.358 e. The average molecular weight is 334 g/mol. The van der Waals surface area contributed by atoms with Gasteiger partial charge in [-0.2, -0.15) is 0 Å². The Hall–Kier alpha value is -1.68. The van der Waals surface area contributed by atoms with Crippen molar-refractivity contribution in [1.29, 1.82) is 0 Å². The number of urea groups is 1. The molecule has 0 unspecified atom stereocenters. The highest BCUT2D eigenvalue weighted by atomic mass is 35.5. The smallest absolute Gasteiger partial charge is 0.317 e. The number of carbonyl (C=O) groups excluding carboxylic acids is 1. The minimum absolute atomic E-state index is 0.00749. The van der Waals surface area contributed by atoms with Crippen LogP contribution in [0.15, 0.2) is 18.2 Å². The van der Waals surface area contributed by atoms with Gasteiger partial charge in [-0.05, 0) is 44.4 Å². The molecule has 1 aliphatic heterocycles. The summed E-state index contributed by atoms with van der Waals surface area (Å²) >= 11 is 5.62. The second-order valence-corrected chi connectivity index (χ2v) is 6.77. The predicted octanol–water partition coefficient (Wildman–Crippen LogP) is 3.91. The van der Waals surface area contributed by atoms with Gasteiger partial charge in [-0.3, -0.25) is 0 Å². The molecule has 1 saturated heterocycles. The van der Waals surface area contributed by atoms with E-state index in [0.29, 0.717) is 18.3 Å².